The fourth-order valence-corrected chi connectivity index (χ4v) is 4.14. The number of anilines is 3. The van der Waals surface area contributed by atoms with Crippen LogP contribution in [0.15, 0.2) is 66.7 Å². The maximum atomic E-state index is 10.5. The first-order valence-electron chi connectivity index (χ1n) is 11.1. The molecule has 4 rings (SSSR count). The number of phenolic OH excluding ortho intramolecular Hbond substituents is 3. The third-order valence-electron chi connectivity index (χ3n) is 6.10. The lowest BCUT2D eigenvalue weighted by molar-refractivity contribution is 0.454. The average molecular weight is 456 g/mol. The molecule has 0 amide bonds. The molecule has 0 aliphatic rings. The molecule has 0 saturated heterocycles. The van der Waals surface area contributed by atoms with Gasteiger partial charge in [-0.1, -0.05) is 12.1 Å². The smallest absolute Gasteiger partial charge is 0.151 e. The van der Waals surface area contributed by atoms with Gasteiger partial charge in [0.1, 0.15) is 23.0 Å². The summed E-state index contributed by atoms with van der Waals surface area (Å²) in [4.78, 5) is 2.00. The Balaban J connectivity index is 1.98. The van der Waals surface area contributed by atoms with Crippen molar-refractivity contribution in [3.05, 3.63) is 94.5 Å². The van der Waals surface area contributed by atoms with Gasteiger partial charge in [-0.05, 0) is 98.8 Å². The first kappa shape index (κ1) is 23.1. The summed E-state index contributed by atoms with van der Waals surface area (Å²) in [6.45, 7) is 9.81. The van der Waals surface area contributed by atoms with E-state index >= 15 is 0 Å². The van der Waals surface area contributed by atoms with Gasteiger partial charge in [-0.25, -0.2) is 0 Å². The lowest BCUT2D eigenvalue weighted by Crippen LogP contribution is -2.14. The molecule has 0 heterocycles. The van der Waals surface area contributed by atoms with Gasteiger partial charge < -0.3 is 25.0 Å². The van der Waals surface area contributed by atoms with Crippen LogP contribution in [-0.2, 0) is 0 Å². The number of para-hydroxylation sites is 2. The lowest BCUT2D eigenvalue weighted by Gasteiger charge is -2.31. The molecule has 0 bridgehead atoms. The summed E-state index contributed by atoms with van der Waals surface area (Å²) >= 11 is 0. The predicted octanol–water partition coefficient (Wildman–Crippen LogP) is 7.61. The minimum absolute atomic E-state index is 0.128. The maximum Gasteiger partial charge on any atom is 0.151 e. The van der Waals surface area contributed by atoms with Gasteiger partial charge in [0.15, 0.2) is 5.75 Å². The molecule has 34 heavy (non-hydrogen) atoms. The molecule has 5 nitrogen and oxygen atoms in total. The molecule has 0 aliphatic carbocycles. The van der Waals surface area contributed by atoms with Crippen LogP contribution in [0.5, 0.6) is 28.7 Å². The minimum atomic E-state index is 0.128. The zero-order valence-corrected chi connectivity index (χ0v) is 20.0. The highest BCUT2D eigenvalue weighted by atomic mass is 16.5. The first-order chi connectivity index (χ1) is 16.1. The number of rotatable bonds is 5. The van der Waals surface area contributed by atoms with Crippen molar-refractivity contribution in [1.82, 2.24) is 0 Å². The number of aromatic hydroxyl groups is 3. The van der Waals surface area contributed by atoms with Crippen molar-refractivity contribution in [3.63, 3.8) is 0 Å². The summed E-state index contributed by atoms with van der Waals surface area (Å²) in [5.41, 5.74) is 7.01. The van der Waals surface area contributed by atoms with E-state index in [2.05, 4.69) is 0 Å². The lowest BCUT2D eigenvalue weighted by atomic mass is 10.0. The summed E-state index contributed by atoms with van der Waals surface area (Å²) in [5, 5.41) is 31.0. The van der Waals surface area contributed by atoms with E-state index in [0.717, 1.165) is 44.9 Å². The number of hydrogen-bond acceptors (Lipinski definition) is 5. The molecule has 0 fully saturated rings. The van der Waals surface area contributed by atoms with Crippen LogP contribution in [0.2, 0.25) is 0 Å². The van der Waals surface area contributed by atoms with Crippen LogP contribution in [0, 0.1) is 34.6 Å². The Bertz CT molecular complexity index is 1300. The van der Waals surface area contributed by atoms with Crippen molar-refractivity contribution >= 4 is 17.1 Å². The van der Waals surface area contributed by atoms with Crippen LogP contribution in [0.4, 0.5) is 17.1 Å². The number of phenols is 3. The standard InChI is InChI=1S/C29H29NO4/c1-17-10-22(31)14-25(11-17)34-29-9-7-6-8-26(29)30(27-15-23(32)12-18(2)20(27)4)28-16-24(33)13-19(3)21(28)5/h6-16,31-33H,1-5H3. The van der Waals surface area contributed by atoms with Gasteiger partial charge in [-0.2, -0.15) is 0 Å². The largest absolute Gasteiger partial charge is 0.508 e. The Morgan fingerprint density at radius 2 is 1.12 bits per heavy atom. The van der Waals surface area contributed by atoms with Crippen molar-refractivity contribution in [2.24, 2.45) is 0 Å². The summed E-state index contributed by atoms with van der Waals surface area (Å²) in [6.07, 6.45) is 0. The van der Waals surface area contributed by atoms with Crippen molar-refractivity contribution in [2.75, 3.05) is 4.90 Å². The fraction of sp³-hybridized carbons (Fsp3) is 0.172. The predicted molar refractivity (Wildman–Crippen MR) is 136 cm³/mol. The highest BCUT2D eigenvalue weighted by molar-refractivity contribution is 5.85. The van der Waals surface area contributed by atoms with E-state index in [1.807, 2.05) is 69.9 Å². The zero-order valence-electron chi connectivity index (χ0n) is 20.0. The van der Waals surface area contributed by atoms with Crippen LogP contribution in [0.25, 0.3) is 0 Å². The SMILES string of the molecule is Cc1cc(O)cc(Oc2ccccc2N(c2cc(O)cc(C)c2C)c2cc(O)cc(C)c2C)c1. The second kappa shape index (κ2) is 9.02. The molecule has 0 atom stereocenters. The molecule has 4 aromatic carbocycles. The fourth-order valence-electron chi connectivity index (χ4n) is 4.14. The minimum Gasteiger partial charge on any atom is -0.508 e. The molecule has 5 heteroatoms. The quantitative estimate of drug-likeness (QED) is 0.289. The van der Waals surface area contributed by atoms with Crippen LogP contribution >= 0.6 is 0 Å². The van der Waals surface area contributed by atoms with Gasteiger partial charge in [0.2, 0.25) is 0 Å². The normalized spacial score (nSPS) is 10.9. The third kappa shape index (κ3) is 4.50. The topological polar surface area (TPSA) is 73.2 Å². The monoisotopic (exact) mass is 455 g/mol. The van der Waals surface area contributed by atoms with E-state index in [1.165, 1.54) is 0 Å². The third-order valence-corrected chi connectivity index (χ3v) is 6.10. The second-order valence-electron chi connectivity index (χ2n) is 8.72. The number of nitrogens with zero attached hydrogens (tertiary/aromatic N) is 1. The molecule has 0 saturated carbocycles. The molecule has 0 unspecified atom stereocenters. The van der Waals surface area contributed by atoms with Gasteiger partial charge in [0.05, 0.1) is 17.1 Å². The molecule has 0 aliphatic heterocycles. The number of benzene rings is 4. The van der Waals surface area contributed by atoms with Crippen molar-refractivity contribution in [1.29, 1.82) is 0 Å². The van der Waals surface area contributed by atoms with E-state index in [1.54, 1.807) is 36.4 Å². The molecule has 174 valence electrons. The van der Waals surface area contributed by atoms with E-state index < -0.39 is 0 Å². The van der Waals surface area contributed by atoms with E-state index in [9.17, 15) is 15.3 Å². The molecular formula is C29H29NO4. The van der Waals surface area contributed by atoms with Gasteiger partial charge in [0, 0.05) is 18.2 Å². The highest BCUT2D eigenvalue weighted by Crippen LogP contribution is 2.46. The Morgan fingerprint density at radius 1 is 0.588 bits per heavy atom. The van der Waals surface area contributed by atoms with Crippen molar-refractivity contribution in [3.8, 4) is 28.7 Å². The van der Waals surface area contributed by atoms with Crippen LogP contribution in [-0.4, -0.2) is 15.3 Å². The van der Waals surface area contributed by atoms with Gasteiger partial charge in [-0.15, -0.1) is 0 Å². The maximum absolute atomic E-state index is 10.5. The summed E-state index contributed by atoms with van der Waals surface area (Å²) in [6, 6.07) is 19.6. The first-order valence-corrected chi connectivity index (χ1v) is 11.1. The Kier molecular flexibility index (Phi) is 6.12. The molecule has 3 N–H and O–H groups in total. The summed E-state index contributed by atoms with van der Waals surface area (Å²) < 4.78 is 6.27. The molecular weight excluding hydrogens is 426 g/mol. The Hall–Kier alpha value is -4.12. The van der Waals surface area contributed by atoms with Gasteiger partial charge >= 0.3 is 0 Å². The second-order valence-corrected chi connectivity index (χ2v) is 8.72. The highest BCUT2D eigenvalue weighted by Gasteiger charge is 2.23. The Labute approximate surface area is 200 Å². The zero-order chi connectivity index (χ0) is 24.6. The van der Waals surface area contributed by atoms with E-state index in [-0.39, 0.29) is 17.2 Å². The van der Waals surface area contributed by atoms with Gasteiger partial charge in [-0.3, -0.25) is 0 Å². The van der Waals surface area contributed by atoms with Gasteiger partial charge in [0.25, 0.3) is 0 Å². The van der Waals surface area contributed by atoms with E-state index in [4.69, 9.17) is 4.74 Å². The summed E-state index contributed by atoms with van der Waals surface area (Å²) in [7, 11) is 0. The average Bonchev–Trinajstić information content (AvgIpc) is 2.75. The van der Waals surface area contributed by atoms with Crippen LogP contribution in [0.3, 0.4) is 0 Å². The Morgan fingerprint density at radius 3 is 1.68 bits per heavy atom. The molecule has 0 radical (unpaired) electrons. The van der Waals surface area contributed by atoms with Crippen LogP contribution in [0.1, 0.15) is 27.8 Å². The van der Waals surface area contributed by atoms with E-state index in [0.29, 0.717) is 11.5 Å². The van der Waals surface area contributed by atoms with Crippen molar-refractivity contribution in [2.45, 2.75) is 34.6 Å². The molecule has 4 aromatic rings. The summed E-state index contributed by atoms with van der Waals surface area (Å²) in [5.74, 6) is 1.51. The number of hydrogen-bond donors (Lipinski definition) is 3. The number of ether oxygens (including phenoxy) is 1. The number of aryl methyl sites for hydroxylation is 3. The molecule has 0 aromatic heterocycles. The van der Waals surface area contributed by atoms with Crippen LogP contribution < -0.4 is 9.64 Å². The molecule has 0 spiro atoms. The van der Waals surface area contributed by atoms with Crippen molar-refractivity contribution < 1.29 is 20.1 Å².